The van der Waals surface area contributed by atoms with E-state index in [2.05, 4.69) is 0 Å². The molecule has 1 aromatic rings. The van der Waals surface area contributed by atoms with Crippen LogP contribution in [0.5, 0.6) is 0 Å². The van der Waals surface area contributed by atoms with Crippen LogP contribution in [0.25, 0.3) is 0 Å². The maximum Gasteiger partial charge on any atom is 0.269 e. The number of aliphatic hydroxyl groups is 4. The average molecular weight is 271 g/mol. The van der Waals surface area contributed by atoms with Crippen LogP contribution in [-0.4, -0.2) is 56.1 Å². The Kier molecular flexibility index (Phi) is 5.07. The standard InChI is InChI=1S/C11H13NO7/c13-5-8(14)10(16)11(17)9(15)6-1-3-7(4-2-6)12(18)19/h1-4,8,10-11,13-14,16-17H,5H2/t8-,10+,11+/m1/s1. The predicted molar refractivity (Wildman–Crippen MR) is 62.5 cm³/mol. The summed E-state index contributed by atoms with van der Waals surface area (Å²) in [7, 11) is 0. The van der Waals surface area contributed by atoms with E-state index in [0.717, 1.165) is 24.3 Å². The van der Waals surface area contributed by atoms with E-state index in [1.807, 2.05) is 0 Å². The van der Waals surface area contributed by atoms with Gasteiger partial charge in [-0.2, -0.15) is 0 Å². The Bertz CT molecular complexity index is 459. The number of nitro benzene ring substituents is 1. The fraction of sp³-hybridized carbons (Fsp3) is 0.364. The van der Waals surface area contributed by atoms with Crippen molar-refractivity contribution < 1.29 is 30.1 Å². The summed E-state index contributed by atoms with van der Waals surface area (Å²) in [6.07, 6.45) is -5.42. The van der Waals surface area contributed by atoms with E-state index in [9.17, 15) is 25.1 Å². The molecule has 0 fully saturated rings. The molecular formula is C11H13NO7. The van der Waals surface area contributed by atoms with Crippen molar-refractivity contribution in [3.8, 4) is 0 Å². The third-order valence-corrected chi connectivity index (χ3v) is 2.54. The lowest BCUT2D eigenvalue weighted by molar-refractivity contribution is -0.384. The Balaban J connectivity index is 2.85. The van der Waals surface area contributed by atoms with E-state index < -0.39 is 35.6 Å². The smallest absolute Gasteiger partial charge is 0.269 e. The molecule has 1 rings (SSSR count). The molecule has 0 radical (unpaired) electrons. The highest BCUT2D eigenvalue weighted by Crippen LogP contribution is 2.15. The van der Waals surface area contributed by atoms with Crippen LogP contribution in [0.15, 0.2) is 24.3 Å². The molecule has 0 amide bonds. The molecule has 0 bridgehead atoms. The molecule has 0 saturated heterocycles. The lowest BCUT2D eigenvalue weighted by atomic mass is 9.99. The quantitative estimate of drug-likeness (QED) is 0.291. The van der Waals surface area contributed by atoms with Crippen LogP contribution in [0.3, 0.4) is 0 Å². The first kappa shape index (κ1) is 15.2. The summed E-state index contributed by atoms with van der Waals surface area (Å²) < 4.78 is 0. The van der Waals surface area contributed by atoms with Crippen molar-refractivity contribution in [1.82, 2.24) is 0 Å². The molecule has 19 heavy (non-hydrogen) atoms. The lowest BCUT2D eigenvalue weighted by Gasteiger charge is -2.20. The number of rotatable bonds is 6. The van der Waals surface area contributed by atoms with Crippen LogP contribution < -0.4 is 0 Å². The maximum absolute atomic E-state index is 11.7. The van der Waals surface area contributed by atoms with Gasteiger partial charge in [-0.3, -0.25) is 14.9 Å². The highest BCUT2D eigenvalue weighted by Gasteiger charge is 2.30. The number of hydrogen-bond donors (Lipinski definition) is 4. The number of carbonyl (C=O) groups excluding carboxylic acids is 1. The van der Waals surface area contributed by atoms with Crippen LogP contribution >= 0.6 is 0 Å². The molecular weight excluding hydrogens is 258 g/mol. The molecule has 0 aliphatic rings. The number of non-ortho nitro benzene ring substituents is 1. The molecule has 0 aliphatic heterocycles. The average Bonchev–Trinajstić information content (AvgIpc) is 2.44. The minimum atomic E-state index is -1.93. The first-order valence-corrected chi connectivity index (χ1v) is 5.32. The largest absolute Gasteiger partial charge is 0.394 e. The number of aliphatic hydroxyl groups excluding tert-OH is 4. The van der Waals surface area contributed by atoms with Crippen LogP contribution in [0.1, 0.15) is 10.4 Å². The van der Waals surface area contributed by atoms with Gasteiger partial charge in [-0.1, -0.05) is 0 Å². The minimum Gasteiger partial charge on any atom is -0.394 e. The first-order chi connectivity index (χ1) is 8.88. The highest BCUT2D eigenvalue weighted by atomic mass is 16.6. The molecule has 1 aromatic carbocycles. The lowest BCUT2D eigenvalue weighted by Crippen LogP contribution is -2.43. The summed E-state index contributed by atoms with van der Waals surface area (Å²) in [6, 6.07) is 4.41. The molecule has 0 unspecified atom stereocenters. The Labute approximate surface area is 107 Å². The van der Waals surface area contributed by atoms with Gasteiger partial charge in [0.1, 0.15) is 18.3 Å². The molecule has 0 aromatic heterocycles. The SMILES string of the molecule is O=C(c1ccc([N+](=O)[O-])cc1)[C@H](O)[C@@H](O)[C@H](O)CO. The second-order valence-electron chi connectivity index (χ2n) is 3.85. The van der Waals surface area contributed by atoms with Crippen LogP contribution in [-0.2, 0) is 0 Å². The zero-order valence-electron chi connectivity index (χ0n) is 9.71. The van der Waals surface area contributed by atoms with Gasteiger partial charge in [-0.05, 0) is 12.1 Å². The third kappa shape index (κ3) is 3.55. The van der Waals surface area contributed by atoms with Gasteiger partial charge in [0.15, 0.2) is 5.78 Å². The number of hydrogen-bond acceptors (Lipinski definition) is 7. The fourth-order valence-corrected chi connectivity index (χ4v) is 1.39. The normalized spacial score (nSPS) is 15.6. The van der Waals surface area contributed by atoms with Gasteiger partial charge in [0.25, 0.3) is 5.69 Å². The van der Waals surface area contributed by atoms with Gasteiger partial charge in [0.2, 0.25) is 0 Å². The number of Topliss-reactive ketones (excluding diaryl/α,β-unsaturated/α-hetero) is 1. The van der Waals surface area contributed by atoms with Gasteiger partial charge in [0, 0.05) is 17.7 Å². The monoisotopic (exact) mass is 271 g/mol. The Morgan fingerprint density at radius 3 is 2.16 bits per heavy atom. The van der Waals surface area contributed by atoms with E-state index in [4.69, 9.17) is 10.2 Å². The van der Waals surface area contributed by atoms with Crippen molar-refractivity contribution in [2.45, 2.75) is 18.3 Å². The number of benzene rings is 1. The van der Waals surface area contributed by atoms with E-state index in [0.29, 0.717) is 0 Å². The van der Waals surface area contributed by atoms with E-state index >= 15 is 0 Å². The van der Waals surface area contributed by atoms with E-state index in [-0.39, 0.29) is 11.3 Å². The number of carbonyl (C=O) groups is 1. The molecule has 8 nitrogen and oxygen atoms in total. The second kappa shape index (κ2) is 6.34. The van der Waals surface area contributed by atoms with Gasteiger partial charge in [0.05, 0.1) is 11.5 Å². The molecule has 0 saturated carbocycles. The first-order valence-electron chi connectivity index (χ1n) is 5.32. The summed E-state index contributed by atoms with van der Waals surface area (Å²) in [5.74, 6) is -0.908. The maximum atomic E-state index is 11.7. The van der Waals surface area contributed by atoms with Gasteiger partial charge in [-0.25, -0.2) is 0 Å². The van der Waals surface area contributed by atoms with Crippen molar-refractivity contribution in [3.05, 3.63) is 39.9 Å². The summed E-state index contributed by atoms with van der Waals surface area (Å²) in [5, 5.41) is 47.0. The molecule has 0 aliphatic carbocycles. The van der Waals surface area contributed by atoms with Crippen molar-refractivity contribution in [2.75, 3.05) is 6.61 Å². The topological polar surface area (TPSA) is 141 Å². The molecule has 8 heteroatoms. The molecule has 0 spiro atoms. The van der Waals surface area contributed by atoms with E-state index in [1.165, 1.54) is 0 Å². The number of nitro groups is 1. The van der Waals surface area contributed by atoms with Crippen molar-refractivity contribution >= 4 is 11.5 Å². The van der Waals surface area contributed by atoms with Crippen molar-refractivity contribution in [2.24, 2.45) is 0 Å². The second-order valence-corrected chi connectivity index (χ2v) is 3.85. The van der Waals surface area contributed by atoms with E-state index in [1.54, 1.807) is 0 Å². The summed E-state index contributed by atoms with van der Waals surface area (Å²) >= 11 is 0. The van der Waals surface area contributed by atoms with Crippen LogP contribution in [0.2, 0.25) is 0 Å². The Morgan fingerprint density at radius 1 is 1.21 bits per heavy atom. The Hall–Kier alpha value is -1.87. The van der Waals surface area contributed by atoms with Crippen molar-refractivity contribution in [1.29, 1.82) is 0 Å². The molecule has 0 heterocycles. The van der Waals surface area contributed by atoms with Crippen molar-refractivity contribution in [3.63, 3.8) is 0 Å². The highest BCUT2D eigenvalue weighted by molar-refractivity contribution is 5.99. The van der Waals surface area contributed by atoms with Gasteiger partial charge >= 0.3 is 0 Å². The number of ketones is 1. The summed E-state index contributed by atoms with van der Waals surface area (Å²) in [4.78, 5) is 21.5. The third-order valence-electron chi connectivity index (χ3n) is 2.54. The minimum absolute atomic E-state index is 0.0534. The Morgan fingerprint density at radius 2 is 1.74 bits per heavy atom. The zero-order chi connectivity index (χ0) is 14.6. The summed E-state index contributed by atoms with van der Waals surface area (Å²) in [6.45, 7) is -0.814. The molecule has 104 valence electrons. The molecule has 3 atom stereocenters. The van der Waals surface area contributed by atoms with Gasteiger partial charge < -0.3 is 20.4 Å². The van der Waals surface area contributed by atoms with Gasteiger partial charge in [-0.15, -0.1) is 0 Å². The summed E-state index contributed by atoms with van der Waals surface area (Å²) in [5.41, 5.74) is -0.274. The molecule has 4 N–H and O–H groups in total. The number of nitrogens with zero attached hydrogens (tertiary/aromatic N) is 1. The fourth-order valence-electron chi connectivity index (χ4n) is 1.39. The van der Waals surface area contributed by atoms with Crippen LogP contribution in [0.4, 0.5) is 5.69 Å². The predicted octanol–water partition coefficient (Wildman–Crippen LogP) is -1.15. The zero-order valence-corrected chi connectivity index (χ0v) is 9.71. The van der Waals surface area contributed by atoms with Crippen LogP contribution in [0, 0.1) is 10.1 Å².